The van der Waals surface area contributed by atoms with Crippen molar-refractivity contribution in [2.75, 3.05) is 6.54 Å². The molecule has 4 nitrogen and oxygen atoms in total. The molecule has 0 aliphatic carbocycles. The van der Waals surface area contributed by atoms with Crippen LogP contribution in [0.4, 0.5) is 0 Å². The van der Waals surface area contributed by atoms with Crippen LogP contribution in [-0.2, 0) is 24.1 Å². The van der Waals surface area contributed by atoms with Crippen LogP contribution >= 0.6 is 11.6 Å². The van der Waals surface area contributed by atoms with Crippen molar-refractivity contribution in [1.29, 1.82) is 0 Å². The number of nitrogens with one attached hydrogen (secondary N) is 1. The third-order valence-corrected chi connectivity index (χ3v) is 4.59. The number of carbonyl (C=O) groups excluding carboxylic acids is 1. The second kappa shape index (κ2) is 9.30. The molecule has 0 saturated heterocycles. The van der Waals surface area contributed by atoms with Crippen LogP contribution in [0.25, 0.3) is 0 Å². The number of hydrogen-bond acceptors (Lipinski definition) is 3. The van der Waals surface area contributed by atoms with Gasteiger partial charge in [0.15, 0.2) is 0 Å². The van der Waals surface area contributed by atoms with Gasteiger partial charge in [0.1, 0.15) is 6.34 Å². The van der Waals surface area contributed by atoms with Crippen LogP contribution in [0.1, 0.15) is 23.1 Å². The van der Waals surface area contributed by atoms with E-state index in [0.717, 1.165) is 24.3 Å². The molecule has 0 saturated carbocycles. The summed E-state index contributed by atoms with van der Waals surface area (Å²) in [5.74, 6) is 0.0829. The highest BCUT2D eigenvalue weighted by Crippen LogP contribution is 2.11. The number of carbonyl (C=O) groups is 1. The summed E-state index contributed by atoms with van der Waals surface area (Å²) in [6.07, 6.45) is 6.39. The molecular weight excluding hydrogens is 346 g/mol. The molecule has 0 bridgehead atoms. The van der Waals surface area contributed by atoms with Gasteiger partial charge in [0.2, 0.25) is 5.91 Å². The Kier molecular flexibility index (Phi) is 6.56. The third-order valence-electron chi connectivity index (χ3n) is 4.34. The van der Waals surface area contributed by atoms with Crippen molar-refractivity contribution >= 4 is 30.1 Å². The average molecular weight is 368 g/mol. The fourth-order valence-corrected chi connectivity index (χ4v) is 2.96. The predicted molar refractivity (Wildman–Crippen MR) is 107 cm³/mol. The first-order valence-electron chi connectivity index (χ1n) is 8.83. The molecule has 5 heteroatoms. The Morgan fingerprint density at radius 1 is 0.962 bits per heavy atom. The van der Waals surface area contributed by atoms with Crippen molar-refractivity contribution in [3.05, 3.63) is 70.2 Å². The normalized spacial score (nSPS) is 15.3. The molecule has 1 aliphatic rings. The first-order valence-corrected chi connectivity index (χ1v) is 9.21. The van der Waals surface area contributed by atoms with Crippen molar-refractivity contribution in [1.82, 2.24) is 5.32 Å². The van der Waals surface area contributed by atoms with E-state index in [1.807, 2.05) is 30.5 Å². The summed E-state index contributed by atoms with van der Waals surface area (Å²) in [7, 11) is 0. The first-order chi connectivity index (χ1) is 12.7. The Bertz CT molecular complexity index is 770. The Balaban J connectivity index is 1.36. The number of nitrogens with zero attached hydrogens (tertiary/aromatic N) is 2. The molecule has 26 heavy (non-hydrogen) atoms. The Hall–Kier alpha value is -2.46. The van der Waals surface area contributed by atoms with Crippen molar-refractivity contribution < 1.29 is 4.79 Å². The molecule has 1 aliphatic heterocycles. The number of aryl methyl sites for hydroxylation is 1. The molecule has 0 aromatic heterocycles. The maximum absolute atomic E-state index is 12.0. The molecule has 0 spiro atoms. The maximum Gasteiger partial charge on any atom is 0.220 e. The molecule has 1 heterocycles. The highest BCUT2D eigenvalue weighted by molar-refractivity contribution is 6.30. The molecular formula is C21H22ClN3O. The highest BCUT2D eigenvalue weighted by atomic mass is 35.5. The average Bonchev–Trinajstić information content (AvgIpc) is 3.16. The minimum atomic E-state index is 0.0829. The summed E-state index contributed by atoms with van der Waals surface area (Å²) >= 11 is 5.87. The highest BCUT2D eigenvalue weighted by Gasteiger charge is 2.08. The van der Waals surface area contributed by atoms with Gasteiger partial charge in [-0.2, -0.15) is 0 Å². The summed E-state index contributed by atoms with van der Waals surface area (Å²) in [6.45, 7) is 0.642. The lowest BCUT2D eigenvalue weighted by Crippen LogP contribution is -2.25. The van der Waals surface area contributed by atoms with Crippen LogP contribution < -0.4 is 5.32 Å². The Morgan fingerprint density at radius 2 is 1.62 bits per heavy atom. The summed E-state index contributed by atoms with van der Waals surface area (Å²) in [6, 6.07) is 16.3. The van der Waals surface area contributed by atoms with Crippen LogP contribution in [-0.4, -0.2) is 31.0 Å². The number of amides is 1. The quantitative estimate of drug-likeness (QED) is 0.760. The lowest BCUT2D eigenvalue weighted by atomic mass is 10.0. The van der Waals surface area contributed by atoms with Crippen molar-refractivity contribution in [2.45, 2.75) is 31.7 Å². The smallest absolute Gasteiger partial charge is 0.220 e. The van der Waals surface area contributed by atoms with Crippen LogP contribution in [0, 0.1) is 0 Å². The van der Waals surface area contributed by atoms with Crippen molar-refractivity contribution in [3.8, 4) is 0 Å². The minimum absolute atomic E-state index is 0.0829. The lowest BCUT2D eigenvalue weighted by molar-refractivity contribution is -0.121. The Morgan fingerprint density at radius 3 is 2.31 bits per heavy atom. The second-order valence-corrected chi connectivity index (χ2v) is 6.81. The minimum Gasteiger partial charge on any atom is -0.356 e. The monoisotopic (exact) mass is 367 g/mol. The van der Waals surface area contributed by atoms with E-state index in [9.17, 15) is 4.79 Å². The standard InChI is InChI=1S/C21H22ClN3O/c22-19-8-5-17(6-9-19)11-12-24-21(26)10-7-16-1-3-18(4-2-16)13-20-14-23-15-25-20/h1-6,8-9,14-15,20H,7,10-13H2,(H,24,26). The van der Waals surface area contributed by atoms with Gasteiger partial charge in [0.25, 0.3) is 0 Å². The van der Waals surface area contributed by atoms with E-state index >= 15 is 0 Å². The fraction of sp³-hybridized carbons (Fsp3) is 0.286. The zero-order valence-electron chi connectivity index (χ0n) is 14.6. The Labute approximate surface area is 159 Å². The van der Waals surface area contributed by atoms with Gasteiger partial charge in [0, 0.05) is 24.2 Å². The molecule has 2 aromatic rings. The summed E-state index contributed by atoms with van der Waals surface area (Å²) < 4.78 is 0. The van der Waals surface area contributed by atoms with Gasteiger partial charge in [-0.05, 0) is 48.1 Å². The molecule has 3 rings (SSSR count). The number of aliphatic imine (C=N–C) groups is 2. The fourth-order valence-electron chi connectivity index (χ4n) is 2.83. The lowest BCUT2D eigenvalue weighted by Gasteiger charge is -2.07. The van der Waals surface area contributed by atoms with E-state index in [2.05, 4.69) is 39.6 Å². The maximum atomic E-state index is 12.0. The largest absolute Gasteiger partial charge is 0.356 e. The molecule has 0 radical (unpaired) electrons. The van der Waals surface area contributed by atoms with Crippen LogP contribution in [0.15, 0.2) is 58.5 Å². The van der Waals surface area contributed by atoms with Gasteiger partial charge in [0.05, 0.1) is 6.04 Å². The van der Waals surface area contributed by atoms with E-state index in [0.29, 0.717) is 13.0 Å². The van der Waals surface area contributed by atoms with Crippen molar-refractivity contribution in [3.63, 3.8) is 0 Å². The van der Waals surface area contributed by atoms with E-state index in [-0.39, 0.29) is 11.9 Å². The van der Waals surface area contributed by atoms with Crippen molar-refractivity contribution in [2.24, 2.45) is 9.98 Å². The van der Waals surface area contributed by atoms with Gasteiger partial charge >= 0.3 is 0 Å². The van der Waals surface area contributed by atoms with E-state index < -0.39 is 0 Å². The molecule has 1 amide bonds. The van der Waals surface area contributed by atoms with Gasteiger partial charge in [-0.15, -0.1) is 0 Å². The van der Waals surface area contributed by atoms with Gasteiger partial charge in [-0.1, -0.05) is 48.0 Å². The summed E-state index contributed by atoms with van der Waals surface area (Å²) in [5.41, 5.74) is 3.57. The predicted octanol–water partition coefficient (Wildman–Crippen LogP) is 3.66. The molecule has 2 aromatic carbocycles. The molecule has 1 N–H and O–H groups in total. The number of rotatable bonds is 8. The second-order valence-electron chi connectivity index (χ2n) is 6.38. The SMILES string of the molecule is O=C(CCc1ccc(CC2C=NC=N2)cc1)NCCc1ccc(Cl)cc1. The van der Waals surface area contributed by atoms with Gasteiger partial charge in [-0.25, -0.2) is 4.99 Å². The van der Waals surface area contributed by atoms with Crippen LogP contribution in [0.2, 0.25) is 5.02 Å². The topological polar surface area (TPSA) is 53.8 Å². The zero-order chi connectivity index (χ0) is 18.2. The van der Waals surface area contributed by atoms with Crippen LogP contribution in [0.3, 0.4) is 0 Å². The van der Waals surface area contributed by atoms with E-state index in [1.54, 1.807) is 6.34 Å². The third kappa shape index (κ3) is 5.81. The van der Waals surface area contributed by atoms with E-state index in [4.69, 9.17) is 11.6 Å². The number of halogens is 1. The summed E-state index contributed by atoms with van der Waals surface area (Å²) in [5, 5.41) is 3.70. The van der Waals surface area contributed by atoms with Crippen LogP contribution in [0.5, 0.6) is 0 Å². The van der Waals surface area contributed by atoms with E-state index in [1.165, 1.54) is 16.7 Å². The number of benzene rings is 2. The molecule has 134 valence electrons. The molecule has 1 atom stereocenters. The first kappa shape index (κ1) is 18.3. The summed E-state index contributed by atoms with van der Waals surface area (Å²) in [4.78, 5) is 20.3. The van der Waals surface area contributed by atoms with Gasteiger partial charge < -0.3 is 5.32 Å². The molecule has 1 unspecified atom stereocenters. The van der Waals surface area contributed by atoms with Gasteiger partial charge in [-0.3, -0.25) is 9.79 Å². The zero-order valence-corrected chi connectivity index (χ0v) is 15.3. The molecule has 0 fully saturated rings. The number of hydrogen-bond donors (Lipinski definition) is 1.